The molecular formula is C18H29NO4. The lowest BCUT2D eigenvalue weighted by molar-refractivity contribution is -0.138. The van der Waals surface area contributed by atoms with E-state index in [1.807, 2.05) is 0 Å². The first-order valence-corrected chi connectivity index (χ1v) is 8.67. The summed E-state index contributed by atoms with van der Waals surface area (Å²) in [5.74, 6) is -1.42. The van der Waals surface area contributed by atoms with Crippen molar-refractivity contribution in [2.45, 2.75) is 77.2 Å². The molecule has 0 radical (unpaired) electrons. The van der Waals surface area contributed by atoms with Crippen molar-refractivity contribution < 1.29 is 19.8 Å². The lowest BCUT2D eigenvalue weighted by Crippen LogP contribution is -2.03. The molecule has 0 atom stereocenters. The van der Waals surface area contributed by atoms with Crippen molar-refractivity contribution in [3.8, 4) is 0 Å². The maximum absolute atomic E-state index is 10.5. The highest BCUT2D eigenvalue weighted by atomic mass is 16.4. The van der Waals surface area contributed by atoms with E-state index in [0.717, 1.165) is 64.3 Å². The summed E-state index contributed by atoms with van der Waals surface area (Å²) in [6, 6.07) is 4.22. The zero-order valence-electron chi connectivity index (χ0n) is 13.9. The number of hydrogen-bond acceptors (Lipinski definition) is 2. The summed E-state index contributed by atoms with van der Waals surface area (Å²) < 4.78 is 2.27. The SMILES string of the molecule is O=C(O)CCCCCCCc1cccn1CCCCCC(=O)O. The van der Waals surface area contributed by atoms with Crippen molar-refractivity contribution >= 4 is 11.9 Å². The van der Waals surface area contributed by atoms with E-state index in [2.05, 4.69) is 22.9 Å². The Hall–Kier alpha value is -1.78. The van der Waals surface area contributed by atoms with E-state index in [0.29, 0.717) is 0 Å². The molecule has 1 heterocycles. The van der Waals surface area contributed by atoms with Crippen LogP contribution in [0.2, 0.25) is 0 Å². The lowest BCUT2D eigenvalue weighted by Gasteiger charge is -2.09. The molecule has 0 unspecified atom stereocenters. The number of carbonyl (C=O) groups is 2. The van der Waals surface area contributed by atoms with E-state index in [1.165, 1.54) is 5.69 Å². The minimum Gasteiger partial charge on any atom is -0.481 e. The molecule has 0 aliphatic rings. The van der Waals surface area contributed by atoms with Crippen LogP contribution in [0.25, 0.3) is 0 Å². The quantitative estimate of drug-likeness (QED) is 0.505. The van der Waals surface area contributed by atoms with Crippen LogP contribution in [-0.2, 0) is 22.6 Å². The van der Waals surface area contributed by atoms with Crippen molar-refractivity contribution in [1.82, 2.24) is 4.57 Å². The number of aromatic nitrogens is 1. The van der Waals surface area contributed by atoms with Gasteiger partial charge in [-0.15, -0.1) is 0 Å². The third-order valence-corrected chi connectivity index (χ3v) is 4.04. The molecule has 130 valence electrons. The van der Waals surface area contributed by atoms with Crippen molar-refractivity contribution in [3.63, 3.8) is 0 Å². The maximum atomic E-state index is 10.5. The fraction of sp³-hybridized carbons (Fsp3) is 0.667. The standard InChI is InChI=1S/C18H29NO4/c20-17(21)12-6-3-1-2-5-10-16-11-9-15-19(16)14-8-4-7-13-18(22)23/h9,11,15H,1-8,10,12-14H2,(H,20,21)(H,22,23). The molecular weight excluding hydrogens is 294 g/mol. The first-order valence-electron chi connectivity index (χ1n) is 8.67. The Kier molecular flexibility index (Phi) is 9.84. The van der Waals surface area contributed by atoms with Crippen LogP contribution in [0.4, 0.5) is 0 Å². The average Bonchev–Trinajstić information content (AvgIpc) is 2.93. The van der Waals surface area contributed by atoms with Gasteiger partial charge >= 0.3 is 11.9 Å². The van der Waals surface area contributed by atoms with Gasteiger partial charge in [-0.1, -0.05) is 25.7 Å². The molecule has 23 heavy (non-hydrogen) atoms. The molecule has 0 amide bonds. The van der Waals surface area contributed by atoms with E-state index in [-0.39, 0.29) is 12.8 Å². The summed E-state index contributed by atoms with van der Waals surface area (Å²) in [6.07, 6.45) is 11.6. The summed E-state index contributed by atoms with van der Waals surface area (Å²) in [5.41, 5.74) is 1.34. The van der Waals surface area contributed by atoms with Gasteiger partial charge < -0.3 is 14.8 Å². The van der Waals surface area contributed by atoms with E-state index in [9.17, 15) is 9.59 Å². The van der Waals surface area contributed by atoms with E-state index in [1.54, 1.807) is 0 Å². The number of aliphatic carboxylic acids is 2. The van der Waals surface area contributed by atoms with Gasteiger partial charge in [0.15, 0.2) is 0 Å². The minimum absolute atomic E-state index is 0.264. The van der Waals surface area contributed by atoms with E-state index >= 15 is 0 Å². The van der Waals surface area contributed by atoms with Crippen LogP contribution < -0.4 is 0 Å². The second kappa shape index (κ2) is 11.7. The predicted molar refractivity (Wildman–Crippen MR) is 89.6 cm³/mol. The zero-order valence-corrected chi connectivity index (χ0v) is 13.9. The molecule has 0 aliphatic carbocycles. The third-order valence-electron chi connectivity index (χ3n) is 4.04. The molecule has 1 aromatic rings. The normalized spacial score (nSPS) is 10.8. The van der Waals surface area contributed by atoms with Gasteiger partial charge in [0.05, 0.1) is 0 Å². The van der Waals surface area contributed by atoms with Crippen molar-refractivity contribution in [1.29, 1.82) is 0 Å². The molecule has 1 aromatic heterocycles. The number of aryl methyl sites for hydroxylation is 2. The lowest BCUT2D eigenvalue weighted by atomic mass is 10.1. The number of rotatable bonds is 14. The van der Waals surface area contributed by atoms with Crippen LogP contribution in [0, 0.1) is 0 Å². The van der Waals surface area contributed by atoms with Crippen LogP contribution >= 0.6 is 0 Å². The molecule has 5 nitrogen and oxygen atoms in total. The molecule has 0 saturated heterocycles. The molecule has 0 fully saturated rings. The molecule has 0 aromatic carbocycles. The van der Waals surface area contributed by atoms with Crippen LogP contribution in [0.3, 0.4) is 0 Å². The molecule has 0 saturated carbocycles. The van der Waals surface area contributed by atoms with Crippen LogP contribution in [0.1, 0.15) is 69.9 Å². The second-order valence-electron chi connectivity index (χ2n) is 6.06. The summed E-state index contributed by atoms with van der Waals surface area (Å²) in [7, 11) is 0. The van der Waals surface area contributed by atoms with Gasteiger partial charge in [0.2, 0.25) is 0 Å². The summed E-state index contributed by atoms with van der Waals surface area (Å²) in [4.78, 5) is 20.9. The number of carboxylic acid groups (broad SMARTS) is 2. The van der Waals surface area contributed by atoms with E-state index < -0.39 is 11.9 Å². The Morgan fingerprint density at radius 1 is 0.826 bits per heavy atom. The number of unbranched alkanes of at least 4 members (excludes halogenated alkanes) is 6. The first-order chi connectivity index (χ1) is 11.1. The van der Waals surface area contributed by atoms with Crippen LogP contribution in [0.5, 0.6) is 0 Å². The Morgan fingerprint density at radius 3 is 2.04 bits per heavy atom. The van der Waals surface area contributed by atoms with Gasteiger partial charge in [0.1, 0.15) is 0 Å². The summed E-state index contributed by atoms with van der Waals surface area (Å²) in [5, 5.41) is 17.2. The number of nitrogens with zero attached hydrogens (tertiary/aromatic N) is 1. The molecule has 1 rings (SSSR count). The largest absolute Gasteiger partial charge is 0.481 e. The smallest absolute Gasteiger partial charge is 0.303 e. The monoisotopic (exact) mass is 323 g/mol. The molecule has 0 spiro atoms. The Labute approximate surface area is 138 Å². The maximum Gasteiger partial charge on any atom is 0.303 e. The second-order valence-corrected chi connectivity index (χ2v) is 6.06. The highest BCUT2D eigenvalue weighted by Gasteiger charge is 2.02. The van der Waals surface area contributed by atoms with Gasteiger partial charge in [0.25, 0.3) is 0 Å². The fourth-order valence-electron chi connectivity index (χ4n) is 2.74. The highest BCUT2D eigenvalue weighted by Crippen LogP contribution is 2.12. The van der Waals surface area contributed by atoms with Crippen molar-refractivity contribution in [2.75, 3.05) is 0 Å². The van der Waals surface area contributed by atoms with Gasteiger partial charge in [-0.05, 0) is 44.2 Å². The van der Waals surface area contributed by atoms with E-state index in [4.69, 9.17) is 10.2 Å². The van der Waals surface area contributed by atoms with Gasteiger partial charge in [-0.2, -0.15) is 0 Å². The number of hydrogen-bond donors (Lipinski definition) is 2. The topological polar surface area (TPSA) is 79.5 Å². The van der Waals surface area contributed by atoms with Gasteiger partial charge in [0, 0.05) is 31.3 Å². The molecule has 0 aliphatic heterocycles. The van der Waals surface area contributed by atoms with Gasteiger partial charge in [-0.25, -0.2) is 0 Å². The highest BCUT2D eigenvalue weighted by molar-refractivity contribution is 5.66. The predicted octanol–water partition coefficient (Wildman–Crippen LogP) is 4.10. The van der Waals surface area contributed by atoms with Gasteiger partial charge in [-0.3, -0.25) is 9.59 Å². The van der Waals surface area contributed by atoms with Crippen LogP contribution in [-0.4, -0.2) is 26.7 Å². The average molecular weight is 323 g/mol. The number of carboxylic acids is 2. The molecule has 0 bridgehead atoms. The third kappa shape index (κ3) is 9.76. The van der Waals surface area contributed by atoms with Crippen LogP contribution in [0.15, 0.2) is 18.3 Å². The first kappa shape index (κ1) is 19.3. The fourth-order valence-corrected chi connectivity index (χ4v) is 2.74. The molecule has 5 heteroatoms. The summed E-state index contributed by atoms with van der Waals surface area (Å²) >= 11 is 0. The minimum atomic E-state index is -0.713. The zero-order chi connectivity index (χ0) is 16.9. The Balaban J connectivity index is 2.10. The molecule has 2 N–H and O–H groups in total. The van der Waals surface area contributed by atoms with Crippen molar-refractivity contribution in [3.05, 3.63) is 24.0 Å². The Bertz CT molecular complexity index is 467. The summed E-state index contributed by atoms with van der Waals surface area (Å²) in [6.45, 7) is 0.959. The van der Waals surface area contributed by atoms with Crippen molar-refractivity contribution in [2.24, 2.45) is 0 Å². The Morgan fingerprint density at radius 2 is 1.39 bits per heavy atom.